The highest BCUT2D eigenvalue weighted by Crippen LogP contribution is 2.37. The molecular formula is C12H6F4NO4-. The first-order valence-corrected chi connectivity index (χ1v) is 5.52. The molecule has 0 aromatic heterocycles. The minimum Gasteiger partial charge on any atom is -0.544 e. The fourth-order valence-corrected chi connectivity index (χ4v) is 1.85. The van der Waals surface area contributed by atoms with Crippen molar-refractivity contribution >= 4 is 17.8 Å². The number of halogens is 4. The minimum absolute atomic E-state index is 0.0848. The summed E-state index contributed by atoms with van der Waals surface area (Å²) in [6, 6.07) is 5.46. The molecule has 0 saturated carbocycles. The summed E-state index contributed by atoms with van der Waals surface area (Å²) >= 11 is 0. The fourth-order valence-electron chi connectivity index (χ4n) is 1.85. The zero-order valence-electron chi connectivity index (χ0n) is 10.1. The van der Waals surface area contributed by atoms with Gasteiger partial charge in [0.05, 0.1) is 6.54 Å². The zero-order valence-corrected chi connectivity index (χ0v) is 10.1. The molecule has 0 saturated heterocycles. The Morgan fingerprint density at radius 1 is 1.10 bits per heavy atom. The Hall–Kier alpha value is -2.45. The Morgan fingerprint density at radius 2 is 1.67 bits per heavy atom. The van der Waals surface area contributed by atoms with E-state index in [2.05, 4.69) is 0 Å². The molecule has 0 atom stereocenters. The van der Waals surface area contributed by atoms with Crippen LogP contribution in [0.5, 0.6) is 0 Å². The number of fused-ring (bicyclic) bond motifs is 1. The van der Waals surface area contributed by atoms with Crippen LogP contribution in [0.4, 0.5) is 17.6 Å². The van der Waals surface area contributed by atoms with Crippen LogP contribution in [0.3, 0.4) is 0 Å². The third kappa shape index (κ3) is 2.05. The van der Waals surface area contributed by atoms with Gasteiger partial charge >= 0.3 is 17.8 Å². The van der Waals surface area contributed by atoms with E-state index >= 15 is 0 Å². The smallest absolute Gasteiger partial charge is 0.392 e. The van der Waals surface area contributed by atoms with Crippen LogP contribution < -0.4 is 5.11 Å². The zero-order chi connectivity index (χ0) is 16.0. The first-order valence-electron chi connectivity index (χ1n) is 5.52. The molecule has 0 fully saturated rings. The van der Waals surface area contributed by atoms with E-state index in [0.29, 0.717) is 0 Å². The number of benzene rings is 1. The van der Waals surface area contributed by atoms with Gasteiger partial charge in [-0.2, -0.15) is 17.6 Å². The van der Waals surface area contributed by atoms with Gasteiger partial charge in [-0.3, -0.25) is 14.5 Å². The normalized spacial score (nSPS) is 15.0. The molecule has 1 aliphatic rings. The lowest BCUT2D eigenvalue weighted by atomic mass is 10.1. The number of amides is 2. The molecular weight excluding hydrogens is 298 g/mol. The molecule has 1 aromatic carbocycles. The molecule has 0 bridgehead atoms. The first kappa shape index (κ1) is 14.9. The van der Waals surface area contributed by atoms with Gasteiger partial charge in [0, 0.05) is 5.56 Å². The maximum atomic E-state index is 13.4. The van der Waals surface area contributed by atoms with Gasteiger partial charge in [0.15, 0.2) is 0 Å². The molecule has 0 spiro atoms. The van der Waals surface area contributed by atoms with E-state index in [1.165, 1.54) is 24.3 Å². The summed E-state index contributed by atoms with van der Waals surface area (Å²) < 4.78 is 52.6. The van der Waals surface area contributed by atoms with Gasteiger partial charge in [0.2, 0.25) is 0 Å². The lowest BCUT2D eigenvalue weighted by molar-refractivity contribution is -0.345. The Balaban J connectivity index is 2.35. The topological polar surface area (TPSA) is 77.5 Å². The van der Waals surface area contributed by atoms with E-state index in [4.69, 9.17) is 0 Å². The molecule has 1 heterocycles. The highest BCUT2D eigenvalue weighted by atomic mass is 19.3. The summed E-state index contributed by atoms with van der Waals surface area (Å²) in [7, 11) is 0. The Kier molecular flexibility index (Phi) is 3.23. The Labute approximate surface area is 114 Å². The van der Waals surface area contributed by atoms with Crippen molar-refractivity contribution in [3.63, 3.8) is 0 Å². The summed E-state index contributed by atoms with van der Waals surface area (Å²) in [5.74, 6) is -18.5. The third-order valence-corrected chi connectivity index (χ3v) is 2.99. The second kappa shape index (κ2) is 4.54. The van der Waals surface area contributed by atoms with Gasteiger partial charge in [-0.15, -0.1) is 0 Å². The summed E-state index contributed by atoms with van der Waals surface area (Å²) in [5, 5.41) is 10.1. The van der Waals surface area contributed by atoms with Gasteiger partial charge < -0.3 is 9.90 Å². The van der Waals surface area contributed by atoms with Crippen LogP contribution in [-0.4, -0.2) is 34.5 Å². The quantitative estimate of drug-likeness (QED) is 0.747. The summed E-state index contributed by atoms with van der Waals surface area (Å²) in [6.45, 7) is -0.632. The number of aliphatic carboxylic acids is 1. The van der Waals surface area contributed by atoms with Crippen LogP contribution in [0.2, 0.25) is 0 Å². The van der Waals surface area contributed by atoms with Crippen LogP contribution >= 0.6 is 0 Å². The van der Waals surface area contributed by atoms with Crippen molar-refractivity contribution < 1.29 is 37.1 Å². The van der Waals surface area contributed by atoms with Crippen molar-refractivity contribution in [1.29, 1.82) is 0 Å². The summed E-state index contributed by atoms with van der Waals surface area (Å²) in [4.78, 5) is 33.2. The molecule has 112 valence electrons. The van der Waals surface area contributed by atoms with E-state index in [0.717, 1.165) is 0 Å². The lowest BCUT2D eigenvalue weighted by Crippen LogP contribution is -2.61. The average Bonchev–Trinajstić information content (AvgIpc) is 2.75. The predicted octanol–water partition coefficient (Wildman–Crippen LogP) is 0.190. The molecule has 0 aliphatic carbocycles. The van der Waals surface area contributed by atoms with Gasteiger partial charge in [-0.05, 0) is 11.6 Å². The lowest BCUT2D eigenvalue weighted by Gasteiger charge is -2.28. The van der Waals surface area contributed by atoms with Crippen molar-refractivity contribution in [3.05, 3.63) is 35.4 Å². The maximum absolute atomic E-state index is 13.4. The van der Waals surface area contributed by atoms with E-state index in [-0.39, 0.29) is 16.0 Å². The average molecular weight is 304 g/mol. The standard InChI is InChI=1S/C12H7F4NO4/c13-11(14,12(15,16)10(20)21)9(19)17-5-6-3-1-2-4-7(6)8(17)18/h1-4H,5H2,(H,20,21)/p-1. The number of hydrogen-bond donors (Lipinski definition) is 0. The molecule has 0 N–H and O–H groups in total. The van der Waals surface area contributed by atoms with Crippen LogP contribution in [0.15, 0.2) is 24.3 Å². The third-order valence-electron chi connectivity index (χ3n) is 2.99. The largest absolute Gasteiger partial charge is 0.544 e. The van der Waals surface area contributed by atoms with Crippen molar-refractivity contribution in [2.45, 2.75) is 18.4 Å². The molecule has 5 nitrogen and oxygen atoms in total. The highest BCUT2D eigenvalue weighted by molar-refractivity contribution is 6.10. The molecule has 0 radical (unpaired) electrons. The fraction of sp³-hybridized carbons (Fsp3) is 0.250. The first-order chi connectivity index (χ1) is 9.60. The number of imide groups is 1. The monoisotopic (exact) mass is 304 g/mol. The van der Waals surface area contributed by atoms with Gasteiger partial charge in [0.25, 0.3) is 5.91 Å². The summed E-state index contributed by atoms with van der Waals surface area (Å²) in [6.07, 6.45) is 0. The molecule has 1 aliphatic heterocycles. The van der Waals surface area contributed by atoms with Gasteiger partial charge in [-0.25, -0.2) is 0 Å². The van der Waals surface area contributed by atoms with E-state index in [1.54, 1.807) is 0 Å². The SMILES string of the molecule is O=C1c2ccccc2CN1C(=O)C(F)(F)C(F)(F)C(=O)[O-]. The highest BCUT2D eigenvalue weighted by Gasteiger charge is 2.65. The molecule has 2 amide bonds. The minimum atomic E-state index is -5.72. The number of hydrogen-bond acceptors (Lipinski definition) is 4. The molecule has 0 unspecified atom stereocenters. The second-order valence-corrected chi connectivity index (χ2v) is 4.29. The number of carbonyl (C=O) groups excluding carboxylic acids is 3. The molecule has 2 rings (SSSR count). The number of carboxylic acid groups (broad SMARTS) is 1. The van der Waals surface area contributed by atoms with Crippen LogP contribution in [-0.2, 0) is 16.1 Å². The Morgan fingerprint density at radius 3 is 2.19 bits per heavy atom. The number of carboxylic acids is 1. The van der Waals surface area contributed by atoms with E-state index in [1.807, 2.05) is 0 Å². The Bertz CT molecular complexity index is 644. The molecule has 9 heteroatoms. The number of nitrogens with zero attached hydrogens (tertiary/aromatic N) is 1. The van der Waals surface area contributed by atoms with Crippen LogP contribution in [0.25, 0.3) is 0 Å². The van der Waals surface area contributed by atoms with Crippen LogP contribution in [0.1, 0.15) is 15.9 Å². The number of rotatable bonds is 3. The van der Waals surface area contributed by atoms with Gasteiger partial charge in [0.1, 0.15) is 5.97 Å². The second-order valence-electron chi connectivity index (χ2n) is 4.29. The van der Waals surface area contributed by atoms with Crippen molar-refractivity contribution in [2.24, 2.45) is 0 Å². The maximum Gasteiger partial charge on any atom is 0.392 e. The predicted molar refractivity (Wildman–Crippen MR) is 56.2 cm³/mol. The van der Waals surface area contributed by atoms with Gasteiger partial charge in [-0.1, -0.05) is 18.2 Å². The molecule has 1 aromatic rings. The van der Waals surface area contributed by atoms with Crippen molar-refractivity contribution in [2.75, 3.05) is 0 Å². The van der Waals surface area contributed by atoms with E-state index in [9.17, 15) is 37.1 Å². The number of alkyl halides is 4. The summed E-state index contributed by atoms with van der Waals surface area (Å²) in [5.41, 5.74) is 0.113. The molecule has 21 heavy (non-hydrogen) atoms. The van der Waals surface area contributed by atoms with Crippen molar-refractivity contribution in [1.82, 2.24) is 4.90 Å². The number of carbonyl (C=O) groups is 3. The van der Waals surface area contributed by atoms with Crippen LogP contribution in [0, 0.1) is 0 Å². The van der Waals surface area contributed by atoms with Crippen molar-refractivity contribution in [3.8, 4) is 0 Å². The van der Waals surface area contributed by atoms with E-state index < -0.39 is 36.2 Å².